The summed E-state index contributed by atoms with van der Waals surface area (Å²) in [5.74, 6) is -0.687. The van der Waals surface area contributed by atoms with Crippen LogP contribution in [-0.4, -0.2) is 72.1 Å². The van der Waals surface area contributed by atoms with Crippen molar-refractivity contribution < 1.29 is 24.2 Å². The minimum Gasteiger partial charge on any atom is -0.492 e. The lowest BCUT2D eigenvalue weighted by atomic mass is 10.2. The number of nitrogens with zero attached hydrogens (tertiary/aromatic N) is 2. The number of likely N-dealkylation sites (N-methyl/N-ethyl adjacent to an activating group) is 1. The van der Waals surface area contributed by atoms with Gasteiger partial charge in [0, 0.05) is 20.1 Å². The van der Waals surface area contributed by atoms with Crippen molar-refractivity contribution in [2.24, 2.45) is 0 Å². The maximum atomic E-state index is 12.1. The SMILES string of the molecule is CC1C(=O)N(C)CCN1C(=O)NCCOc1cccc(C(=O)O)c1. The van der Waals surface area contributed by atoms with E-state index in [1.807, 2.05) is 0 Å². The summed E-state index contributed by atoms with van der Waals surface area (Å²) >= 11 is 0. The molecular formula is C16H21N3O5. The van der Waals surface area contributed by atoms with Crippen molar-refractivity contribution in [1.29, 1.82) is 0 Å². The van der Waals surface area contributed by atoms with Crippen LogP contribution in [0.15, 0.2) is 24.3 Å². The number of hydrogen-bond donors (Lipinski definition) is 2. The van der Waals surface area contributed by atoms with E-state index in [4.69, 9.17) is 9.84 Å². The molecule has 1 aliphatic rings. The van der Waals surface area contributed by atoms with Crippen LogP contribution in [0.1, 0.15) is 17.3 Å². The van der Waals surface area contributed by atoms with Gasteiger partial charge in [0.25, 0.3) is 0 Å². The topological polar surface area (TPSA) is 99.2 Å². The third-order valence-corrected chi connectivity index (χ3v) is 3.87. The normalized spacial score (nSPS) is 17.6. The van der Waals surface area contributed by atoms with Crippen molar-refractivity contribution >= 4 is 17.9 Å². The highest BCUT2D eigenvalue weighted by Crippen LogP contribution is 2.13. The zero-order valence-electron chi connectivity index (χ0n) is 13.7. The average Bonchev–Trinajstić information content (AvgIpc) is 2.57. The summed E-state index contributed by atoms with van der Waals surface area (Å²) in [6.45, 7) is 3.14. The third kappa shape index (κ3) is 4.15. The number of ether oxygens (including phenoxy) is 1. The van der Waals surface area contributed by atoms with Crippen LogP contribution in [-0.2, 0) is 4.79 Å². The fourth-order valence-electron chi connectivity index (χ4n) is 2.44. The molecular weight excluding hydrogens is 314 g/mol. The lowest BCUT2D eigenvalue weighted by Gasteiger charge is -2.37. The molecule has 130 valence electrons. The Morgan fingerprint density at radius 2 is 2.12 bits per heavy atom. The second-order valence-corrected chi connectivity index (χ2v) is 5.54. The van der Waals surface area contributed by atoms with E-state index in [-0.39, 0.29) is 30.7 Å². The van der Waals surface area contributed by atoms with Crippen molar-refractivity contribution in [3.63, 3.8) is 0 Å². The van der Waals surface area contributed by atoms with Gasteiger partial charge in [-0.05, 0) is 25.1 Å². The second kappa shape index (κ2) is 7.67. The Hall–Kier alpha value is -2.77. The maximum absolute atomic E-state index is 12.1. The summed E-state index contributed by atoms with van der Waals surface area (Å²) in [5.41, 5.74) is 0.140. The molecule has 1 aromatic carbocycles. The zero-order valence-corrected chi connectivity index (χ0v) is 13.7. The van der Waals surface area contributed by atoms with E-state index in [0.717, 1.165) is 0 Å². The first-order valence-electron chi connectivity index (χ1n) is 7.65. The van der Waals surface area contributed by atoms with Gasteiger partial charge in [-0.15, -0.1) is 0 Å². The number of aromatic carboxylic acids is 1. The number of piperazine rings is 1. The molecule has 3 amide bonds. The Balaban J connectivity index is 1.78. The van der Waals surface area contributed by atoms with Crippen molar-refractivity contribution in [3.8, 4) is 5.75 Å². The first-order valence-corrected chi connectivity index (χ1v) is 7.65. The van der Waals surface area contributed by atoms with Gasteiger partial charge in [-0.25, -0.2) is 9.59 Å². The van der Waals surface area contributed by atoms with Crippen LogP contribution >= 0.6 is 0 Å². The number of nitrogens with one attached hydrogen (secondary N) is 1. The van der Waals surface area contributed by atoms with Crippen molar-refractivity contribution in [1.82, 2.24) is 15.1 Å². The zero-order chi connectivity index (χ0) is 17.7. The molecule has 1 aliphatic heterocycles. The minimum atomic E-state index is -1.03. The van der Waals surface area contributed by atoms with Crippen molar-refractivity contribution in [3.05, 3.63) is 29.8 Å². The Morgan fingerprint density at radius 3 is 2.83 bits per heavy atom. The van der Waals surface area contributed by atoms with Gasteiger partial charge >= 0.3 is 12.0 Å². The lowest BCUT2D eigenvalue weighted by molar-refractivity contribution is -0.137. The molecule has 24 heavy (non-hydrogen) atoms. The Morgan fingerprint density at radius 1 is 1.38 bits per heavy atom. The van der Waals surface area contributed by atoms with Crippen LogP contribution in [0.4, 0.5) is 4.79 Å². The van der Waals surface area contributed by atoms with E-state index in [1.165, 1.54) is 17.0 Å². The van der Waals surface area contributed by atoms with Gasteiger partial charge in [-0.1, -0.05) is 6.07 Å². The number of carboxylic acid groups (broad SMARTS) is 1. The summed E-state index contributed by atoms with van der Waals surface area (Å²) in [5, 5.41) is 11.6. The molecule has 1 heterocycles. The number of benzene rings is 1. The maximum Gasteiger partial charge on any atom is 0.335 e. The van der Waals surface area contributed by atoms with Crippen molar-refractivity contribution in [2.45, 2.75) is 13.0 Å². The van der Waals surface area contributed by atoms with Crippen LogP contribution in [0, 0.1) is 0 Å². The largest absolute Gasteiger partial charge is 0.492 e. The molecule has 0 aliphatic carbocycles. The highest BCUT2D eigenvalue weighted by molar-refractivity contribution is 5.88. The molecule has 1 saturated heterocycles. The van der Waals surface area contributed by atoms with E-state index in [2.05, 4.69) is 5.32 Å². The first-order chi connectivity index (χ1) is 11.4. The lowest BCUT2D eigenvalue weighted by Crippen LogP contribution is -2.58. The van der Waals surface area contributed by atoms with E-state index < -0.39 is 12.0 Å². The highest BCUT2D eigenvalue weighted by Gasteiger charge is 2.32. The molecule has 0 radical (unpaired) electrons. The van der Waals surface area contributed by atoms with Gasteiger partial charge in [0.2, 0.25) is 5.91 Å². The number of carboxylic acids is 1. The number of hydrogen-bond acceptors (Lipinski definition) is 4. The molecule has 0 spiro atoms. The Bertz CT molecular complexity index is 634. The molecule has 8 heteroatoms. The number of urea groups is 1. The van der Waals surface area contributed by atoms with E-state index in [0.29, 0.717) is 18.8 Å². The molecule has 8 nitrogen and oxygen atoms in total. The molecule has 0 aromatic heterocycles. The summed E-state index contributed by atoms with van der Waals surface area (Å²) in [4.78, 5) is 38.0. The molecule has 2 N–H and O–H groups in total. The highest BCUT2D eigenvalue weighted by atomic mass is 16.5. The molecule has 0 saturated carbocycles. The number of rotatable bonds is 5. The van der Waals surface area contributed by atoms with Crippen LogP contribution in [0.2, 0.25) is 0 Å². The Kier molecular flexibility index (Phi) is 5.62. The summed E-state index contributed by atoms with van der Waals surface area (Å²) in [6, 6.07) is 5.34. The van der Waals surface area contributed by atoms with Crippen LogP contribution in [0.5, 0.6) is 5.75 Å². The van der Waals surface area contributed by atoms with Crippen molar-refractivity contribution in [2.75, 3.05) is 33.3 Å². The predicted octanol–water partition coefficient (Wildman–Crippen LogP) is 0.636. The fraction of sp³-hybridized carbons (Fsp3) is 0.438. The van der Waals surface area contributed by atoms with Gasteiger partial charge < -0.3 is 25.0 Å². The van der Waals surface area contributed by atoms with Gasteiger partial charge in [0.05, 0.1) is 12.1 Å². The van der Waals surface area contributed by atoms with Gasteiger partial charge in [0.15, 0.2) is 0 Å². The van der Waals surface area contributed by atoms with E-state index in [9.17, 15) is 14.4 Å². The average molecular weight is 335 g/mol. The third-order valence-electron chi connectivity index (χ3n) is 3.87. The van der Waals surface area contributed by atoms with Gasteiger partial charge in [0.1, 0.15) is 18.4 Å². The van der Waals surface area contributed by atoms with Gasteiger partial charge in [-0.3, -0.25) is 4.79 Å². The monoisotopic (exact) mass is 335 g/mol. The summed E-state index contributed by atoms with van der Waals surface area (Å²) < 4.78 is 5.43. The van der Waals surface area contributed by atoms with Crippen LogP contribution in [0.25, 0.3) is 0 Å². The van der Waals surface area contributed by atoms with Gasteiger partial charge in [-0.2, -0.15) is 0 Å². The minimum absolute atomic E-state index is 0.0851. The number of carbonyl (C=O) groups is 3. The first kappa shape index (κ1) is 17.6. The quantitative estimate of drug-likeness (QED) is 0.769. The fourth-order valence-corrected chi connectivity index (χ4v) is 2.44. The Labute approximate surface area is 140 Å². The number of amides is 3. The molecule has 1 fully saturated rings. The standard InChI is InChI=1S/C16H21N3O5/c1-11-14(20)18(2)7-8-19(11)16(23)17-6-9-24-13-5-3-4-12(10-13)15(21)22/h3-5,10-11H,6-9H2,1-2H3,(H,17,23)(H,21,22). The molecule has 0 bridgehead atoms. The predicted molar refractivity (Wildman–Crippen MR) is 86.1 cm³/mol. The number of carbonyl (C=O) groups excluding carboxylic acids is 2. The molecule has 1 unspecified atom stereocenters. The summed E-state index contributed by atoms with van der Waals surface area (Å²) in [6.07, 6.45) is 0. The molecule has 1 atom stereocenters. The molecule has 2 rings (SSSR count). The van der Waals surface area contributed by atoms with Crippen LogP contribution < -0.4 is 10.1 Å². The van der Waals surface area contributed by atoms with E-state index >= 15 is 0 Å². The second-order valence-electron chi connectivity index (χ2n) is 5.54. The van der Waals surface area contributed by atoms with E-state index in [1.54, 1.807) is 31.0 Å². The molecule has 1 aromatic rings. The smallest absolute Gasteiger partial charge is 0.335 e. The van der Waals surface area contributed by atoms with Crippen LogP contribution in [0.3, 0.4) is 0 Å². The summed E-state index contributed by atoms with van der Waals surface area (Å²) in [7, 11) is 1.72.